The predicted octanol–water partition coefficient (Wildman–Crippen LogP) is 3.97. The lowest BCUT2D eigenvalue weighted by atomic mass is 9.78. The Kier molecular flexibility index (Phi) is 4.84. The van der Waals surface area contributed by atoms with E-state index in [4.69, 9.17) is 4.74 Å². The molecule has 116 valence electrons. The highest BCUT2D eigenvalue weighted by molar-refractivity contribution is 5.39. The lowest BCUT2D eigenvalue weighted by molar-refractivity contribution is 0.207. The zero-order valence-electron chi connectivity index (χ0n) is 13.5. The van der Waals surface area contributed by atoms with Crippen LogP contribution in [-0.4, -0.2) is 19.2 Å². The van der Waals surface area contributed by atoms with Crippen LogP contribution in [0.2, 0.25) is 0 Å². The molecule has 1 saturated carbocycles. The Hall–Kier alpha value is -1.02. The Morgan fingerprint density at radius 2 is 2.10 bits per heavy atom. The number of rotatable bonds is 5. The molecule has 1 aromatic rings. The van der Waals surface area contributed by atoms with Crippen molar-refractivity contribution >= 4 is 0 Å². The standard InChI is InChI=1S/C19H29NO/c1-14(2)17-5-3-4-6-18(17)20-11-9-15-7-8-19-16(13-15)10-12-21-19/h7-8,13-14,17-18,20H,3-6,9-12H2,1-2H3. The van der Waals surface area contributed by atoms with Gasteiger partial charge in [-0.15, -0.1) is 0 Å². The molecule has 1 N–H and O–H groups in total. The number of hydrogen-bond acceptors (Lipinski definition) is 2. The van der Waals surface area contributed by atoms with Crippen LogP contribution < -0.4 is 10.1 Å². The van der Waals surface area contributed by atoms with Gasteiger partial charge in [0.25, 0.3) is 0 Å². The highest BCUT2D eigenvalue weighted by atomic mass is 16.5. The van der Waals surface area contributed by atoms with Gasteiger partial charge in [0.05, 0.1) is 6.61 Å². The zero-order valence-corrected chi connectivity index (χ0v) is 13.5. The Labute approximate surface area is 129 Å². The first-order valence-electron chi connectivity index (χ1n) is 8.72. The van der Waals surface area contributed by atoms with Crippen molar-refractivity contribution in [3.05, 3.63) is 29.3 Å². The van der Waals surface area contributed by atoms with E-state index in [9.17, 15) is 0 Å². The molecule has 0 aromatic heterocycles. The average Bonchev–Trinajstić information content (AvgIpc) is 2.95. The van der Waals surface area contributed by atoms with Gasteiger partial charge in [0.15, 0.2) is 0 Å². The lowest BCUT2D eigenvalue weighted by Gasteiger charge is -2.35. The van der Waals surface area contributed by atoms with Crippen LogP contribution in [0.5, 0.6) is 5.75 Å². The summed E-state index contributed by atoms with van der Waals surface area (Å²) >= 11 is 0. The summed E-state index contributed by atoms with van der Waals surface area (Å²) in [6.07, 6.45) is 7.80. The topological polar surface area (TPSA) is 21.3 Å². The van der Waals surface area contributed by atoms with Crippen molar-refractivity contribution in [3.63, 3.8) is 0 Å². The van der Waals surface area contributed by atoms with Gasteiger partial charge in [-0.3, -0.25) is 0 Å². The minimum absolute atomic E-state index is 0.733. The maximum Gasteiger partial charge on any atom is 0.122 e. The number of nitrogens with one attached hydrogen (secondary N) is 1. The first-order chi connectivity index (χ1) is 10.2. The van der Waals surface area contributed by atoms with Gasteiger partial charge in [0.2, 0.25) is 0 Å². The second-order valence-electron chi connectivity index (χ2n) is 7.04. The Morgan fingerprint density at radius 1 is 1.24 bits per heavy atom. The molecule has 2 nitrogen and oxygen atoms in total. The zero-order chi connectivity index (χ0) is 14.7. The van der Waals surface area contributed by atoms with Gasteiger partial charge in [-0.05, 0) is 54.8 Å². The molecule has 0 bridgehead atoms. The van der Waals surface area contributed by atoms with Crippen molar-refractivity contribution in [2.45, 2.75) is 58.4 Å². The van der Waals surface area contributed by atoms with Crippen LogP contribution in [0.1, 0.15) is 50.7 Å². The fraction of sp³-hybridized carbons (Fsp3) is 0.684. The van der Waals surface area contributed by atoms with Gasteiger partial charge in [0, 0.05) is 12.5 Å². The van der Waals surface area contributed by atoms with E-state index < -0.39 is 0 Å². The highest BCUT2D eigenvalue weighted by Crippen LogP contribution is 2.30. The van der Waals surface area contributed by atoms with Gasteiger partial charge < -0.3 is 10.1 Å². The molecule has 2 unspecified atom stereocenters. The van der Waals surface area contributed by atoms with Gasteiger partial charge >= 0.3 is 0 Å². The molecule has 1 aromatic carbocycles. The Morgan fingerprint density at radius 3 is 2.95 bits per heavy atom. The van der Waals surface area contributed by atoms with E-state index in [0.717, 1.165) is 49.6 Å². The number of fused-ring (bicyclic) bond motifs is 1. The number of benzene rings is 1. The summed E-state index contributed by atoms with van der Waals surface area (Å²) in [7, 11) is 0. The molecule has 0 saturated heterocycles. The normalized spacial score (nSPS) is 24.9. The molecule has 1 fully saturated rings. The summed E-state index contributed by atoms with van der Waals surface area (Å²) < 4.78 is 5.58. The van der Waals surface area contributed by atoms with E-state index in [0.29, 0.717) is 0 Å². The number of ether oxygens (including phenoxy) is 1. The first kappa shape index (κ1) is 14.9. The number of hydrogen-bond donors (Lipinski definition) is 1. The largest absolute Gasteiger partial charge is 0.493 e. The molecule has 2 aliphatic rings. The van der Waals surface area contributed by atoms with Gasteiger partial charge in [0.1, 0.15) is 5.75 Å². The Bertz CT molecular complexity index is 469. The average molecular weight is 287 g/mol. The highest BCUT2D eigenvalue weighted by Gasteiger charge is 2.26. The summed E-state index contributed by atoms with van der Waals surface area (Å²) in [5, 5.41) is 3.84. The summed E-state index contributed by atoms with van der Waals surface area (Å²) in [5.41, 5.74) is 2.84. The van der Waals surface area contributed by atoms with Crippen LogP contribution in [0, 0.1) is 11.8 Å². The van der Waals surface area contributed by atoms with Crippen LogP contribution >= 0.6 is 0 Å². The molecule has 1 aliphatic heterocycles. The second-order valence-corrected chi connectivity index (χ2v) is 7.04. The molecule has 1 heterocycles. The van der Waals surface area contributed by atoms with Crippen molar-refractivity contribution in [2.75, 3.05) is 13.2 Å². The van der Waals surface area contributed by atoms with Gasteiger partial charge in [-0.2, -0.15) is 0 Å². The third-order valence-corrected chi connectivity index (χ3v) is 5.25. The first-order valence-corrected chi connectivity index (χ1v) is 8.72. The molecule has 2 heteroatoms. The smallest absolute Gasteiger partial charge is 0.122 e. The molecule has 0 amide bonds. The molecule has 0 radical (unpaired) electrons. The molecule has 2 atom stereocenters. The van der Waals surface area contributed by atoms with Crippen LogP contribution in [-0.2, 0) is 12.8 Å². The van der Waals surface area contributed by atoms with Crippen LogP contribution in [0.15, 0.2) is 18.2 Å². The monoisotopic (exact) mass is 287 g/mol. The fourth-order valence-electron chi connectivity index (χ4n) is 4.01. The summed E-state index contributed by atoms with van der Waals surface area (Å²) in [6.45, 7) is 6.72. The van der Waals surface area contributed by atoms with Crippen molar-refractivity contribution in [3.8, 4) is 5.75 Å². The summed E-state index contributed by atoms with van der Waals surface area (Å²) in [5.74, 6) is 2.77. The van der Waals surface area contributed by atoms with E-state index >= 15 is 0 Å². The van der Waals surface area contributed by atoms with E-state index in [1.165, 1.54) is 36.8 Å². The van der Waals surface area contributed by atoms with E-state index in [1.807, 2.05) is 0 Å². The maximum atomic E-state index is 5.58. The van der Waals surface area contributed by atoms with E-state index in [2.05, 4.69) is 37.4 Å². The molecular formula is C19H29NO. The van der Waals surface area contributed by atoms with Gasteiger partial charge in [-0.25, -0.2) is 0 Å². The van der Waals surface area contributed by atoms with E-state index in [1.54, 1.807) is 0 Å². The SMILES string of the molecule is CC(C)C1CCCCC1NCCc1ccc2c(c1)CCO2. The summed E-state index contributed by atoms with van der Waals surface area (Å²) in [4.78, 5) is 0. The maximum absolute atomic E-state index is 5.58. The second kappa shape index (κ2) is 6.83. The third-order valence-electron chi connectivity index (χ3n) is 5.25. The minimum atomic E-state index is 0.733. The van der Waals surface area contributed by atoms with Gasteiger partial charge in [-0.1, -0.05) is 38.8 Å². The lowest BCUT2D eigenvalue weighted by Crippen LogP contribution is -2.41. The van der Waals surface area contributed by atoms with Crippen LogP contribution in [0.25, 0.3) is 0 Å². The van der Waals surface area contributed by atoms with Crippen molar-refractivity contribution in [1.29, 1.82) is 0 Å². The molecule has 3 rings (SSSR count). The molecule has 1 aliphatic carbocycles. The molecule has 21 heavy (non-hydrogen) atoms. The van der Waals surface area contributed by atoms with Crippen LogP contribution in [0.4, 0.5) is 0 Å². The van der Waals surface area contributed by atoms with Crippen LogP contribution in [0.3, 0.4) is 0 Å². The summed E-state index contributed by atoms with van der Waals surface area (Å²) in [6, 6.07) is 7.45. The fourth-order valence-corrected chi connectivity index (χ4v) is 4.01. The Balaban J connectivity index is 1.51. The quantitative estimate of drug-likeness (QED) is 0.885. The van der Waals surface area contributed by atoms with E-state index in [-0.39, 0.29) is 0 Å². The molecule has 0 spiro atoms. The molecular weight excluding hydrogens is 258 g/mol. The predicted molar refractivity (Wildman–Crippen MR) is 87.9 cm³/mol. The third kappa shape index (κ3) is 3.60. The van der Waals surface area contributed by atoms with Crippen molar-refractivity contribution < 1.29 is 4.74 Å². The minimum Gasteiger partial charge on any atom is -0.493 e. The van der Waals surface area contributed by atoms with Crippen molar-refractivity contribution in [2.24, 2.45) is 11.8 Å². The van der Waals surface area contributed by atoms with Crippen molar-refractivity contribution in [1.82, 2.24) is 5.32 Å².